The van der Waals surface area contributed by atoms with Crippen molar-refractivity contribution in [3.63, 3.8) is 0 Å². The van der Waals surface area contributed by atoms with E-state index in [1.165, 1.54) is 0 Å². The van der Waals surface area contributed by atoms with Crippen LogP contribution in [0, 0.1) is 0 Å². The van der Waals surface area contributed by atoms with E-state index in [9.17, 15) is 9.90 Å². The second kappa shape index (κ2) is 6.54. The fourth-order valence-corrected chi connectivity index (χ4v) is 1.94. The number of hydrogen-bond donors (Lipinski definition) is 2. The highest BCUT2D eigenvalue weighted by Crippen LogP contribution is 2.15. The molecule has 0 spiro atoms. The maximum absolute atomic E-state index is 11.9. The molecule has 0 aromatic heterocycles. The maximum atomic E-state index is 11.9. The summed E-state index contributed by atoms with van der Waals surface area (Å²) in [6, 6.07) is -0.0764. The van der Waals surface area contributed by atoms with Gasteiger partial charge in [-0.3, -0.25) is 0 Å². The number of carbonyl (C=O) groups is 1. The summed E-state index contributed by atoms with van der Waals surface area (Å²) in [6.07, 6.45) is -0.891. The number of likely N-dealkylation sites (N-methyl/N-ethyl adjacent to an activating group) is 1. The van der Waals surface area contributed by atoms with Gasteiger partial charge in [0.05, 0.1) is 18.7 Å². The van der Waals surface area contributed by atoms with Gasteiger partial charge >= 0.3 is 6.09 Å². The van der Waals surface area contributed by atoms with E-state index in [1.54, 1.807) is 4.90 Å². The van der Waals surface area contributed by atoms with E-state index < -0.39 is 11.7 Å². The predicted molar refractivity (Wildman–Crippen MR) is 74.2 cm³/mol. The number of nitrogens with zero attached hydrogens (tertiary/aromatic N) is 2. The Balaban J connectivity index is 2.39. The molecule has 112 valence electrons. The first-order valence-corrected chi connectivity index (χ1v) is 6.73. The van der Waals surface area contributed by atoms with Crippen molar-refractivity contribution in [2.24, 2.45) is 0 Å². The van der Waals surface area contributed by atoms with Crippen LogP contribution in [0.4, 0.5) is 4.79 Å². The van der Waals surface area contributed by atoms with Crippen LogP contribution in [0.1, 0.15) is 20.8 Å². The lowest BCUT2D eigenvalue weighted by molar-refractivity contribution is 0.0270. The zero-order valence-corrected chi connectivity index (χ0v) is 12.6. The van der Waals surface area contributed by atoms with Gasteiger partial charge in [-0.15, -0.1) is 0 Å². The summed E-state index contributed by atoms with van der Waals surface area (Å²) in [5.74, 6) is 0. The molecular formula is C13H27N3O3. The van der Waals surface area contributed by atoms with E-state index >= 15 is 0 Å². The van der Waals surface area contributed by atoms with Gasteiger partial charge in [-0.05, 0) is 34.9 Å². The first-order chi connectivity index (χ1) is 8.69. The number of aliphatic hydroxyl groups excluding tert-OH is 1. The summed E-state index contributed by atoms with van der Waals surface area (Å²) in [4.78, 5) is 15.5. The second-order valence-corrected chi connectivity index (χ2v) is 6.32. The molecule has 6 nitrogen and oxygen atoms in total. The zero-order chi connectivity index (χ0) is 14.6. The molecule has 1 aliphatic heterocycles. The molecule has 1 heterocycles. The average molecular weight is 273 g/mol. The first kappa shape index (κ1) is 16.2. The Hall–Kier alpha value is -0.850. The van der Waals surface area contributed by atoms with Gasteiger partial charge in [0.25, 0.3) is 0 Å². The van der Waals surface area contributed by atoms with Gasteiger partial charge in [-0.25, -0.2) is 4.79 Å². The third-order valence-corrected chi connectivity index (χ3v) is 2.91. The van der Waals surface area contributed by atoms with E-state index in [0.717, 1.165) is 13.1 Å². The van der Waals surface area contributed by atoms with Crippen LogP contribution in [-0.2, 0) is 4.74 Å². The minimum absolute atomic E-state index is 0.0764. The minimum Gasteiger partial charge on any atom is -0.444 e. The fourth-order valence-electron chi connectivity index (χ4n) is 1.94. The Morgan fingerprint density at radius 2 is 2.05 bits per heavy atom. The summed E-state index contributed by atoms with van der Waals surface area (Å²) in [7, 11) is 4.00. The maximum Gasteiger partial charge on any atom is 0.410 e. The molecule has 1 aliphatic rings. The van der Waals surface area contributed by atoms with Gasteiger partial charge < -0.3 is 25.0 Å². The molecule has 0 radical (unpaired) electrons. The Morgan fingerprint density at radius 3 is 2.58 bits per heavy atom. The molecule has 19 heavy (non-hydrogen) atoms. The topological polar surface area (TPSA) is 65.0 Å². The van der Waals surface area contributed by atoms with E-state index in [2.05, 4.69) is 10.2 Å². The number of hydrogen-bond acceptors (Lipinski definition) is 5. The van der Waals surface area contributed by atoms with E-state index in [-0.39, 0.29) is 12.1 Å². The lowest BCUT2D eigenvalue weighted by Gasteiger charge is -2.24. The van der Waals surface area contributed by atoms with Crippen LogP contribution in [0.2, 0.25) is 0 Å². The Morgan fingerprint density at radius 1 is 1.42 bits per heavy atom. The van der Waals surface area contributed by atoms with E-state index in [4.69, 9.17) is 4.74 Å². The van der Waals surface area contributed by atoms with Crippen LogP contribution in [0.25, 0.3) is 0 Å². The average Bonchev–Trinajstić information content (AvgIpc) is 2.57. The highest BCUT2D eigenvalue weighted by atomic mass is 16.6. The third-order valence-electron chi connectivity index (χ3n) is 2.91. The highest BCUT2D eigenvalue weighted by molar-refractivity contribution is 5.68. The minimum atomic E-state index is -0.533. The SMILES string of the molecule is CN(C)CCN[C@@H]1CN(C(=O)OC(C)(C)C)C[C@H]1O. The van der Waals surface area contributed by atoms with Crippen molar-refractivity contribution >= 4 is 6.09 Å². The third kappa shape index (κ3) is 5.76. The monoisotopic (exact) mass is 273 g/mol. The summed E-state index contributed by atoms with van der Waals surface area (Å²) < 4.78 is 5.30. The van der Waals surface area contributed by atoms with Crippen LogP contribution < -0.4 is 5.32 Å². The quantitative estimate of drug-likeness (QED) is 0.761. The zero-order valence-electron chi connectivity index (χ0n) is 12.6. The van der Waals surface area contributed by atoms with Gasteiger partial charge in [-0.1, -0.05) is 0 Å². The van der Waals surface area contributed by atoms with Crippen LogP contribution >= 0.6 is 0 Å². The molecule has 0 aromatic rings. The van der Waals surface area contributed by atoms with Crippen LogP contribution in [-0.4, -0.2) is 79.0 Å². The Kier molecular flexibility index (Phi) is 5.58. The number of β-amino-alcohol motifs (C(OH)–C–C–N with tert-alkyl or cyclic N) is 1. The number of nitrogens with one attached hydrogen (secondary N) is 1. The van der Waals surface area contributed by atoms with Crippen LogP contribution in [0.3, 0.4) is 0 Å². The van der Waals surface area contributed by atoms with Crippen molar-refractivity contribution in [2.45, 2.75) is 38.5 Å². The number of ether oxygens (including phenoxy) is 1. The molecule has 2 atom stereocenters. The second-order valence-electron chi connectivity index (χ2n) is 6.32. The normalized spacial score (nSPS) is 24.1. The molecule has 1 rings (SSSR count). The van der Waals surface area contributed by atoms with Gasteiger partial charge in [0.15, 0.2) is 0 Å². The first-order valence-electron chi connectivity index (χ1n) is 6.73. The molecule has 0 saturated carbocycles. The molecule has 1 saturated heterocycles. The van der Waals surface area contributed by atoms with Gasteiger partial charge in [0.2, 0.25) is 0 Å². The molecule has 0 aliphatic carbocycles. The molecule has 0 unspecified atom stereocenters. The predicted octanol–water partition coefficient (Wildman–Crippen LogP) is 0.118. The van der Waals surface area contributed by atoms with Crippen LogP contribution in [0.15, 0.2) is 0 Å². The molecule has 2 N–H and O–H groups in total. The lowest BCUT2D eigenvalue weighted by Crippen LogP contribution is -2.42. The fraction of sp³-hybridized carbons (Fsp3) is 0.923. The van der Waals surface area contributed by atoms with Crippen molar-refractivity contribution in [3.8, 4) is 0 Å². The summed E-state index contributed by atoms with van der Waals surface area (Å²) >= 11 is 0. The smallest absolute Gasteiger partial charge is 0.410 e. The van der Waals surface area contributed by atoms with Gasteiger partial charge in [0.1, 0.15) is 5.60 Å². The summed E-state index contributed by atoms with van der Waals surface area (Å²) in [5, 5.41) is 13.2. The van der Waals surface area contributed by atoms with Crippen molar-refractivity contribution in [1.82, 2.24) is 15.1 Å². The highest BCUT2D eigenvalue weighted by Gasteiger charge is 2.35. The van der Waals surface area contributed by atoms with Crippen LogP contribution in [0.5, 0.6) is 0 Å². The van der Waals surface area contributed by atoms with Crippen molar-refractivity contribution < 1.29 is 14.6 Å². The number of likely N-dealkylation sites (tertiary alicyclic amines) is 1. The molecular weight excluding hydrogens is 246 g/mol. The summed E-state index contributed by atoms with van der Waals surface area (Å²) in [6.45, 7) is 8.02. The summed E-state index contributed by atoms with van der Waals surface area (Å²) in [5.41, 5.74) is -0.502. The number of aliphatic hydroxyl groups is 1. The Labute approximate surface area is 115 Å². The van der Waals surface area contributed by atoms with Gasteiger partial charge in [-0.2, -0.15) is 0 Å². The van der Waals surface area contributed by atoms with Crippen molar-refractivity contribution in [1.29, 1.82) is 0 Å². The number of rotatable bonds is 4. The van der Waals surface area contributed by atoms with E-state index in [0.29, 0.717) is 13.1 Å². The Bertz CT molecular complexity index is 302. The van der Waals surface area contributed by atoms with E-state index in [1.807, 2.05) is 34.9 Å². The molecule has 1 fully saturated rings. The van der Waals surface area contributed by atoms with Crippen molar-refractivity contribution in [3.05, 3.63) is 0 Å². The number of amides is 1. The lowest BCUT2D eigenvalue weighted by atomic mass is 10.2. The molecule has 0 bridgehead atoms. The standard InChI is InChI=1S/C13H27N3O3/c1-13(2,3)19-12(18)16-8-10(11(17)9-16)14-6-7-15(4)5/h10-11,14,17H,6-9H2,1-5H3/t10-,11-/m1/s1. The molecule has 6 heteroatoms. The number of carbonyl (C=O) groups excluding carboxylic acids is 1. The molecule has 0 aromatic carbocycles. The van der Waals surface area contributed by atoms with Gasteiger partial charge in [0, 0.05) is 19.6 Å². The largest absolute Gasteiger partial charge is 0.444 e. The van der Waals surface area contributed by atoms with Crippen molar-refractivity contribution in [2.75, 3.05) is 40.3 Å². The molecule has 1 amide bonds.